The predicted octanol–water partition coefficient (Wildman–Crippen LogP) is 4.00. The molecule has 1 N–H and O–H groups in total. The summed E-state index contributed by atoms with van der Waals surface area (Å²) in [6.45, 7) is 2.14. The molecule has 0 fully saturated rings. The molecule has 1 rings (SSSR count). The molecule has 0 saturated carbocycles. The summed E-state index contributed by atoms with van der Waals surface area (Å²) in [6.07, 6.45) is 5.17. The minimum atomic E-state index is 0.490. The Balaban J connectivity index is 2.61. The minimum absolute atomic E-state index is 0.490. The van der Waals surface area contributed by atoms with Crippen LogP contribution in [0.25, 0.3) is 6.08 Å². The molecule has 1 unspecified atom stereocenters. The first-order chi connectivity index (χ1) is 7.13. The van der Waals surface area contributed by atoms with Crippen molar-refractivity contribution in [1.82, 2.24) is 5.32 Å². The highest BCUT2D eigenvalue weighted by Crippen LogP contribution is 2.23. The van der Waals surface area contributed by atoms with Crippen molar-refractivity contribution in [3.8, 4) is 0 Å². The van der Waals surface area contributed by atoms with Crippen LogP contribution in [-0.4, -0.2) is 13.1 Å². The molecule has 0 amide bonds. The summed E-state index contributed by atoms with van der Waals surface area (Å²) in [5.74, 6) is 0. The maximum atomic E-state index is 5.90. The molecule has 3 heteroatoms. The molecular weight excluding hydrogens is 229 g/mol. The van der Waals surface area contributed by atoms with E-state index in [-0.39, 0.29) is 0 Å². The lowest BCUT2D eigenvalue weighted by atomic mass is 10.1. The Labute approximate surface area is 101 Å². The van der Waals surface area contributed by atoms with Gasteiger partial charge in [0.2, 0.25) is 0 Å². The lowest BCUT2D eigenvalue weighted by Gasteiger charge is -2.05. The van der Waals surface area contributed by atoms with E-state index in [9.17, 15) is 0 Å². The van der Waals surface area contributed by atoms with Crippen molar-refractivity contribution in [2.24, 2.45) is 0 Å². The number of hydrogen-bond acceptors (Lipinski definition) is 1. The van der Waals surface area contributed by atoms with Crippen molar-refractivity contribution >= 4 is 29.3 Å². The van der Waals surface area contributed by atoms with Crippen molar-refractivity contribution in [1.29, 1.82) is 0 Å². The standard InChI is InChI=1S/C12H15Cl2N/c1-9(15-2)4-3-5-10-6-7-11(13)12(14)8-10/h3,5-9,15H,4H2,1-2H3. The van der Waals surface area contributed by atoms with Crippen LogP contribution >= 0.6 is 23.2 Å². The number of benzene rings is 1. The molecule has 15 heavy (non-hydrogen) atoms. The molecule has 1 nitrogen and oxygen atoms in total. The van der Waals surface area contributed by atoms with Crippen LogP contribution < -0.4 is 5.32 Å². The van der Waals surface area contributed by atoms with E-state index < -0.39 is 0 Å². The number of nitrogens with one attached hydrogen (secondary N) is 1. The second-order valence-corrected chi connectivity index (χ2v) is 4.32. The highest BCUT2D eigenvalue weighted by Gasteiger charge is 1.97. The van der Waals surface area contributed by atoms with Gasteiger partial charge in [0, 0.05) is 6.04 Å². The Kier molecular flexibility index (Phi) is 5.16. The van der Waals surface area contributed by atoms with Gasteiger partial charge in [0.15, 0.2) is 0 Å². The number of hydrogen-bond donors (Lipinski definition) is 1. The Morgan fingerprint density at radius 3 is 2.67 bits per heavy atom. The summed E-state index contributed by atoms with van der Waals surface area (Å²) in [5, 5.41) is 4.37. The third-order valence-electron chi connectivity index (χ3n) is 2.24. The first kappa shape index (κ1) is 12.6. The molecule has 0 aromatic heterocycles. The quantitative estimate of drug-likeness (QED) is 0.843. The lowest BCUT2D eigenvalue weighted by molar-refractivity contribution is 0.621. The lowest BCUT2D eigenvalue weighted by Crippen LogP contribution is -2.19. The molecule has 1 atom stereocenters. The van der Waals surface area contributed by atoms with Gasteiger partial charge in [0.05, 0.1) is 10.0 Å². The van der Waals surface area contributed by atoms with Crippen molar-refractivity contribution in [2.45, 2.75) is 19.4 Å². The zero-order chi connectivity index (χ0) is 11.3. The fourth-order valence-electron chi connectivity index (χ4n) is 1.14. The van der Waals surface area contributed by atoms with E-state index in [1.807, 2.05) is 25.2 Å². The summed E-state index contributed by atoms with van der Waals surface area (Å²) < 4.78 is 0. The normalized spacial score (nSPS) is 13.3. The van der Waals surface area contributed by atoms with Crippen molar-refractivity contribution in [3.05, 3.63) is 39.9 Å². The zero-order valence-corrected chi connectivity index (χ0v) is 10.4. The highest BCUT2D eigenvalue weighted by molar-refractivity contribution is 6.42. The van der Waals surface area contributed by atoms with Gasteiger partial charge in [-0.1, -0.05) is 41.4 Å². The Bertz CT molecular complexity index is 347. The van der Waals surface area contributed by atoms with Gasteiger partial charge in [0.25, 0.3) is 0 Å². The first-order valence-electron chi connectivity index (χ1n) is 4.92. The zero-order valence-electron chi connectivity index (χ0n) is 8.93. The second-order valence-electron chi connectivity index (χ2n) is 3.50. The number of rotatable bonds is 4. The molecule has 0 aliphatic rings. The molecule has 0 saturated heterocycles. The maximum Gasteiger partial charge on any atom is 0.0598 e. The molecule has 1 aromatic rings. The molecule has 0 aliphatic carbocycles. The largest absolute Gasteiger partial charge is 0.317 e. The van der Waals surface area contributed by atoms with Gasteiger partial charge < -0.3 is 5.32 Å². The molecule has 0 heterocycles. The molecule has 0 spiro atoms. The van der Waals surface area contributed by atoms with Crippen LogP contribution in [0.4, 0.5) is 0 Å². The van der Waals surface area contributed by atoms with Crippen LogP contribution in [0.15, 0.2) is 24.3 Å². The van der Waals surface area contributed by atoms with Crippen molar-refractivity contribution in [2.75, 3.05) is 7.05 Å². The van der Waals surface area contributed by atoms with Gasteiger partial charge in [0.1, 0.15) is 0 Å². The van der Waals surface area contributed by atoms with Gasteiger partial charge in [-0.3, -0.25) is 0 Å². The van der Waals surface area contributed by atoms with Gasteiger partial charge >= 0.3 is 0 Å². The van der Waals surface area contributed by atoms with Crippen LogP contribution in [0.1, 0.15) is 18.9 Å². The third kappa shape index (κ3) is 4.25. The van der Waals surface area contributed by atoms with Crippen LogP contribution in [0.2, 0.25) is 10.0 Å². The monoisotopic (exact) mass is 243 g/mol. The van der Waals surface area contributed by atoms with Gasteiger partial charge in [-0.25, -0.2) is 0 Å². The molecule has 0 aliphatic heterocycles. The van der Waals surface area contributed by atoms with E-state index in [1.165, 1.54) is 0 Å². The maximum absolute atomic E-state index is 5.90. The molecule has 1 aromatic carbocycles. The van der Waals surface area contributed by atoms with Gasteiger partial charge in [-0.15, -0.1) is 0 Å². The summed E-state index contributed by atoms with van der Waals surface area (Å²) in [6, 6.07) is 6.12. The van der Waals surface area contributed by atoms with Crippen LogP contribution in [0, 0.1) is 0 Å². The van der Waals surface area contributed by atoms with Crippen LogP contribution in [-0.2, 0) is 0 Å². The summed E-state index contributed by atoms with van der Waals surface area (Å²) >= 11 is 11.7. The van der Waals surface area contributed by atoms with Gasteiger partial charge in [-0.05, 0) is 38.1 Å². The topological polar surface area (TPSA) is 12.0 Å². The molecule has 0 radical (unpaired) electrons. The van der Waals surface area contributed by atoms with E-state index in [2.05, 4.69) is 24.4 Å². The first-order valence-corrected chi connectivity index (χ1v) is 5.68. The smallest absolute Gasteiger partial charge is 0.0598 e. The average Bonchev–Trinajstić information content (AvgIpc) is 2.23. The Morgan fingerprint density at radius 2 is 2.07 bits per heavy atom. The van der Waals surface area contributed by atoms with Crippen molar-refractivity contribution in [3.63, 3.8) is 0 Å². The average molecular weight is 244 g/mol. The molecular formula is C12H15Cl2N. The summed E-state index contributed by atoms with van der Waals surface area (Å²) in [4.78, 5) is 0. The second kappa shape index (κ2) is 6.16. The Hall–Kier alpha value is -0.500. The fourth-order valence-corrected chi connectivity index (χ4v) is 1.45. The van der Waals surface area contributed by atoms with E-state index in [1.54, 1.807) is 0 Å². The van der Waals surface area contributed by atoms with E-state index in [4.69, 9.17) is 23.2 Å². The fraction of sp³-hybridized carbons (Fsp3) is 0.333. The predicted molar refractivity (Wildman–Crippen MR) is 68.6 cm³/mol. The summed E-state index contributed by atoms with van der Waals surface area (Å²) in [5.41, 5.74) is 1.08. The number of halogens is 2. The van der Waals surface area contributed by atoms with E-state index in [0.29, 0.717) is 16.1 Å². The minimum Gasteiger partial charge on any atom is -0.317 e. The molecule has 82 valence electrons. The van der Waals surface area contributed by atoms with E-state index >= 15 is 0 Å². The van der Waals surface area contributed by atoms with Gasteiger partial charge in [-0.2, -0.15) is 0 Å². The van der Waals surface area contributed by atoms with E-state index in [0.717, 1.165) is 12.0 Å². The molecule has 0 bridgehead atoms. The van der Waals surface area contributed by atoms with Crippen LogP contribution in [0.3, 0.4) is 0 Å². The summed E-state index contributed by atoms with van der Waals surface area (Å²) in [7, 11) is 1.96. The van der Waals surface area contributed by atoms with Crippen molar-refractivity contribution < 1.29 is 0 Å². The Morgan fingerprint density at radius 1 is 1.33 bits per heavy atom. The van der Waals surface area contributed by atoms with Crippen LogP contribution in [0.5, 0.6) is 0 Å². The SMILES string of the molecule is CNC(C)CC=Cc1ccc(Cl)c(Cl)c1. The third-order valence-corrected chi connectivity index (χ3v) is 2.98. The highest BCUT2D eigenvalue weighted by atomic mass is 35.5.